The fraction of sp³-hybridized carbons (Fsp3) is 0. The molecule has 16 heavy (non-hydrogen) atoms. The van der Waals surface area contributed by atoms with Gasteiger partial charge in [-0.05, 0) is 36.4 Å². The highest BCUT2D eigenvalue weighted by Crippen LogP contribution is 2.26. The van der Waals surface area contributed by atoms with Crippen molar-refractivity contribution in [2.24, 2.45) is 0 Å². The minimum Gasteiger partial charge on any atom is -0.457 e. The van der Waals surface area contributed by atoms with E-state index in [1.165, 1.54) is 12.1 Å². The van der Waals surface area contributed by atoms with Crippen molar-refractivity contribution in [3.63, 3.8) is 0 Å². The fourth-order valence-electron chi connectivity index (χ4n) is 1.23. The third-order valence-electron chi connectivity index (χ3n) is 1.89. The SMILES string of the molecule is Fc1cc(Br)cc(Oc2ccc(Cl)cc2)c1. The van der Waals surface area contributed by atoms with Gasteiger partial charge < -0.3 is 4.74 Å². The minimum atomic E-state index is -0.349. The minimum absolute atomic E-state index is 0.349. The monoisotopic (exact) mass is 300 g/mol. The average Bonchev–Trinajstić information content (AvgIpc) is 2.20. The molecule has 0 aliphatic carbocycles. The van der Waals surface area contributed by atoms with E-state index in [0.29, 0.717) is 21.0 Å². The van der Waals surface area contributed by atoms with Gasteiger partial charge in [0.15, 0.2) is 0 Å². The molecule has 0 fully saturated rings. The van der Waals surface area contributed by atoms with Crippen LogP contribution in [0.25, 0.3) is 0 Å². The standard InChI is InChI=1S/C12H7BrClFO/c13-8-5-10(15)7-12(6-8)16-11-3-1-9(14)2-4-11/h1-7H. The Bertz CT molecular complexity index is 479. The maximum Gasteiger partial charge on any atom is 0.131 e. The van der Waals surface area contributed by atoms with E-state index in [-0.39, 0.29) is 5.82 Å². The Morgan fingerprint density at radius 2 is 1.69 bits per heavy atom. The molecule has 4 heteroatoms. The maximum atomic E-state index is 13.1. The summed E-state index contributed by atoms with van der Waals surface area (Å²) in [5, 5.41) is 0.632. The van der Waals surface area contributed by atoms with Gasteiger partial charge in [0.2, 0.25) is 0 Å². The van der Waals surface area contributed by atoms with Crippen LogP contribution in [0.5, 0.6) is 11.5 Å². The van der Waals surface area contributed by atoms with E-state index >= 15 is 0 Å². The third-order valence-corrected chi connectivity index (χ3v) is 2.60. The highest BCUT2D eigenvalue weighted by Gasteiger charge is 2.01. The van der Waals surface area contributed by atoms with Crippen LogP contribution >= 0.6 is 27.5 Å². The van der Waals surface area contributed by atoms with Crippen molar-refractivity contribution in [2.45, 2.75) is 0 Å². The van der Waals surface area contributed by atoms with Crippen LogP contribution in [0.3, 0.4) is 0 Å². The first kappa shape index (κ1) is 11.4. The number of rotatable bonds is 2. The Kier molecular flexibility index (Phi) is 3.46. The molecule has 2 rings (SSSR count). The molecule has 0 saturated heterocycles. The smallest absolute Gasteiger partial charge is 0.131 e. The molecule has 0 bridgehead atoms. The Morgan fingerprint density at radius 1 is 1.00 bits per heavy atom. The lowest BCUT2D eigenvalue weighted by molar-refractivity contribution is 0.476. The van der Waals surface area contributed by atoms with Crippen LogP contribution in [0.4, 0.5) is 4.39 Å². The second kappa shape index (κ2) is 4.85. The third kappa shape index (κ3) is 2.97. The first-order chi connectivity index (χ1) is 7.63. The van der Waals surface area contributed by atoms with E-state index in [1.54, 1.807) is 30.3 Å². The van der Waals surface area contributed by atoms with Crippen LogP contribution in [0.2, 0.25) is 5.02 Å². The zero-order valence-corrected chi connectivity index (χ0v) is 10.4. The second-order valence-electron chi connectivity index (χ2n) is 3.16. The summed E-state index contributed by atoms with van der Waals surface area (Å²) in [6, 6.07) is 11.3. The van der Waals surface area contributed by atoms with Gasteiger partial charge in [0, 0.05) is 15.6 Å². The topological polar surface area (TPSA) is 9.23 Å². The van der Waals surface area contributed by atoms with Gasteiger partial charge in [0.1, 0.15) is 17.3 Å². The molecule has 1 nitrogen and oxygen atoms in total. The predicted molar refractivity (Wildman–Crippen MR) is 65.6 cm³/mol. The number of hydrogen-bond donors (Lipinski definition) is 0. The van der Waals surface area contributed by atoms with Crippen molar-refractivity contribution in [1.29, 1.82) is 0 Å². The van der Waals surface area contributed by atoms with E-state index in [1.807, 2.05) is 0 Å². The zero-order valence-electron chi connectivity index (χ0n) is 8.08. The Hall–Kier alpha value is -1.06. The molecule has 0 N–H and O–H groups in total. The number of benzene rings is 2. The molecular formula is C12H7BrClFO. The summed E-state index contributed by atoms with van der Waals surface area (Å²) in [5.41, 5.74) is 0. The van der Waals surface area contributed by atoms with Gasteiger partial charge in [-0.1, -0.05) is 27.5 Å². The molecular weight excluding hydrogens is 294 g/mol. The van der Waals surface area contributed by atoms with E-state index in [4.69, 9.17) is 16.3 Å². The highest BCUT2D eigenvalue weighted by atomic mass is 79.9. The first-order valence-electron chi connectivity index (χ1n) is 4.53. The van der Waals surface area contributed by atoms with Crippen molar-refractivity contribution in [3.05, 3.63) is 57.8 Å². The van der Waals surface area contributed by atoms with Crippen molar-refractivity contribution in [1.82, 2.24) is 0 Å². The lowest BCUT2D eigenvalue weighted by atomic mass is 10.3. The zero-order chi connectivity index (χ0) is 11.5. The summed E-state index contributed by atoms with van der Waals surface area (Å²) < 4.78 is 19.2. The molecule has 0 radical (unpaired) electrons. The van der Waals surface area contributed by atoms with E-state index in [9.17, 15) is 4.39 Å². The van der Waals surface area contributed by atoms with Crippen LogP contribution in [-0.4, -0.2) is 0 Å². The van der Waals surface area contributed by atoms with Crippen LogP contribution in [0, 0.1) is 5.82 Å². The van der Waals surface area contributed by atoms with Crippen molar-refractivity contribution < 1.29 is 9.13 Å². The van der Waals surface area contributed by atoms with Gasteiger partial charge in [0.25, 0.3) is 0 Å². The van der Waals surface area contributed by atoms with Gasteiger partial charge in [0.05, 0.1) is 0 Å². The van der Waals surface area contributed by atoms with Crippen molar-refractivity contribution >= 4 is 27.5 Å². The molecule has 0 atom stereocenters. The van der Waals surface area contributed by atoms with Crippen LogP contribution in [-0.2, 0) is 0 Å². The summed E-state index contributed by atoms with van der Waals surface area (Å²) in [6.07, 6.45) is 0. The number of halogens is 3. The molecule has 0 aliphatic heterocycles. The molecule has 0 aromatic heterocycles. The molecule has 2 aromatic rings. The summed E-state index contributed by atoms with van der Waals surface area (Å²) in [5.74, 6) is 0.703. The summed E-state index contributed by atoms with van der Waals surface area (Å²) in [4.78, 5) is 0. The predicted octanol–water partition coefficient (Wildman–Crippen LogP) is 5.03. The first-order valence-corrected chi connectivity index (χ1v) is 5.70. The lowest BCUT2D eigenvalue weighted by Crippen LogP contribution is -1.85. The fourth-order valence-corrected chi connectivity index (χ4v) is 1.80. The molecule has 0 unspecified atom stereocenters. The Balaban J connectivity index is 2.23. The van der Waals surface area contributed by atoms with Crippen LogP contribution in [0.15, 0.2) is 46.9 Å². The molecule has 2 aromatic carbocycles. The van der Waals surface area contributed by atoms with Crippen molar-refractivity contribution in [3.8, 4) is 11.5 Å². The molecule has 0 amide bonds. The molecule has 0 saturated carbocycles. The summed E-state index contributed by atoms with van der Waals surface area (Å²) in [7, 11) is 0. The van der Waals surface area contributed by atoms with E-state index in [2.05, 4.69) is 15.9 Å². The van der Waals surface area contributed by atoms with Gasteiger partial charge >= 0.3 is 0 Å². The van der Waals surface area contributed by atoms with Gasteiger partial charge in [-0.2, -0.15) is 0 Å². The quantitative estimate of drug-likeness (QED) is 0.755. The van der Waals surface area contributed by atoms with Gasteiger partial charge in [-0.15, -0.1) is 0 Å². The Labute approximate surface area is 106 Å². The number of hydrogen-bond acceptors (Lipinski definition) is 1. The normalized spacial score (nSPS) is 10.2. The van der Waals surface area contributed by atoms with Gasteiger partial charge in [-0.3, -0.25) is 0 Å². The lowest BCUT2D eigenvalue weighted by Gasteiger charge is -2.06. The molecule has 0 aliphatic rings. The Morgan fingerprint density at radius 3 is 2.31 bits per heavy atom. The van der Waals surface area contributed by atoms with E-state index in [0.717, 1.165) is 0 Å². The summed E-state index contributed by atoms with van der Waals surface area (Å²) in [6.45, 7) is 0. The van der Waals surface area contributed by atoms with Crippen molar-refractivity contribution in [2.75, 3.05) is 0 Å². The van der Waals surface area contributed by atoms with Crippen LogP contribution in [0.1, 0.15) is 0 Å². The van der Waals surface area contributed by atoms with E-state index < -0.39 is 0 Å². The average molecular weight is 302 g/mol. The number of ether oxygens (including phenoxy) is 1. The molecule has 82 valence electrons. The van der Waals surface area contributed by atoms with Gasteiger partial charge in [-0.25, -0.2) is 4.39 Å². The maximum absolute atomic E-state index is 13.1. The second-order valence-corrected chi connectivity index (χ2v) is 4.51. The largest absolute Gasteiger partial charge is 0.457 e. The molecule has 0 heterocycles. The molecule has 0 spiro atoms. The summed E-state index contributed by atoms with van der Waals surface area (Å²) >= 11 is 8.94. The van der Waals surface area contributed by atoms with Crippen LogP contribution < -0.4 is 4.74 Å². The highest BCUT2D eigenvalue weighted by molar-refractivity contribution is 9.10.